The summed E-state index contributed by atoms with van der Waals surface area (Å²) < 4.78 is 14.8. The standard InChI is InChI=1S/C16H12ClFN4OS/c17-13-8-11(18)6-7-14(13)20-15(23)9-24-16-21-19-10-22(16)12-4-2-1-3-5-12/h1-8,10H,9H2,(H,20,23). The van der Waals surface area contributed by atoms with Crippen molar-refractivity contribution in [1.29, 1.82) is 0 Å². The summed E-state index contributed by atoms with van der Waals surface area (Å²) >= 11 is 7.14. The van der Waals surface area contributed by atoms with Crippen molar-refractivity contribution in [2.24, 2.45) is 0 Å². The van der Waals surface area contributed by atoms with Gasteiger partial charge in [-0.1, -0.05) is 41.6 Å². The molecule has 1 N–H and O–H groups in total. The molecule has 0 bridgehead atoms. The van der Waals surface area contributed by atoms with Crippen LogP contribution in [0, 0.1) is 5.82 Å². The van der Waals surface area contributed by atoms with E-state index in [2.05, 4.69) is 15.5 Å². The first-order valence-corrected chi connectivity index (χ1v) is 8.33. The normalized spacial score (nSPS) is 10.6. The average molecular weight is 363 g/mol. The van der Waals surface area contributed by atoms with Gasteiger partial charge in [-0.25, -0.2) is 4.39 Å². The molecule has 0 aliphatic heterocycles. The van der Waals surface area contributed by atoms with E-state index in [9.17, 15) is 9.18 Å². The van der Waals surface area contributed by atoms with Gasteiger partial charge < -0.3 is 5.32 Å². The van der Waals surface area contributed by atoms with E-state index in [4.69, 9.17) is 11.6 Å². The molecular formula is C16H12ClFN4OS. The summed E-state index contributed by atoms with van der Waals surface area (Å²) in [6.45, 7) is 0. The van der Waals surface area contributed by atoms with Gasteiger partial charge in [0.1, 0.15) is 12.1 Å². The molecule has 0 atom stereocenters. The summed E-state index contributed by atoms with van der Waals surface area (Å²) in [4.78, 5) is 12.1. The lowest BCUT2D eigenvalue weighted by Gasteiger charge is -2.08. The molecule has 2 aromatic carbocycles. The van der Waals surface area contributed by atoms with Crippen LogP contribution in [0.5, 0.6) is 0 Å². The Balaban J connectivity index is 1.64. The Bertz CT molecular complexity index is 856. The fraction of sp³-hybridized carbons (Fsp3) is 0.0625. The maximum absolute atomic E-state index is 13.0. The van der Waals surface area contributed by atoms with Gasteiger partial charge in [-0.15, -0.1) is 10.2 Å². The molecule has 122 valence electrons. The molecule has 0 unspecified atom stereocenters. The summed E-state index contributed by atoms with van der Waals surface area (Å²) in [7, 11) is 0. The summed E-state index contributed by atoms with van der Waals surface area (Å²) in [5.41, 5.74) is 1.28. The van der Waals surface area contributed by atoms with Gasteiger partial charge in [-0.05, 0) is 30.3 Å². The second-order valence-corrected chi connectivity index (χ2v) is 6.13. The first-order chi connectivity index (χ1) is 11.6. The van der Waals surface area contributed by atoms with Gasteiger partial charge in [0.2, 0.25) is 5.91 Å². The van der Waals surface area contributed by atoms with Gasteiger partial charge >= 0.3 is 0 Å². The van der Waals surface area contributed by atoms with E-state index < -0.39 is 5.82 Å². The maximum atomic E-state index is 13.0. The number of para-hydroxylation sites is 1. The molecule has 24 heavy (non-hydrogen) atoms. The van der Waals surface area contributed by atoms with Crippen molar-refractivity contribution in [2.75, 3.05) is 11.1 Å². The largest absolute Gasteiger partial charge is 0.324 e. The predicted molar refractivity (Wildman–Crippen MR) is 92.1 cm³/mol. The van der Waals surface area contributed by atoms with Crippen molar-refractivity contribution < 1.29 is 9.18 Å². The first-order valence-electron chi connectivity index (χ1n) is 6.96. The monoisotopic (exact) mass is 362 g/mol. The molecule has 0 fully saturated rings. The molecule has 0 aliphatic carbocycles. The van der Waals surface area contributed by atoms with E-state index >= 15 is 0 Å². The minimum Gasteiger partial charge on any atom is -0.324 e. The van der Waals surface area contributed by atoms with Gasteiger partial charge in [0, 0.05) is 5.69 Å². The lowest BCUT2D eigenvalue weighted by Crippen LogP contribution is -2.14. The minimum atomic E-state index is -0.455. The zero-order valence-electron chi connectivity index (χ0n) is 12.3. The number of hydrogen-bond donors (Lipinski definition) is 1. The van der Waals surface area contributed by atoms with Crippen LogP contribution in [0.15, 0.2) is 60.0 Å². The minimum absolute atomic E-state index is 0.124. The van der Waals surface area contributed by atoms with Crippen molar-refractivity contribution in [3.63, 3.8) is 0 Å². The molecule has 3 rings (SSSR count). The first kappa shape index (κ1) is 16.5. The quantitative estimate of drug-likeness (QED) is 0.701. The third kappa shape index (κ3) is 3.93. The van der Waals surface area contributed by atoms with E-state index in [-0.39, 0.29) is 16.7 Å². The van der Waals surface area contributed by atoms with Crippen molar-refractivity contribution in [1.82, 2.24) is 14.8 Å². The molecule has 5 nitrogen and oxygen atoms in total. The summed E-state index contributed by atoms with van der Waals surface area (Å²) in [5.74, 6) is -0.598. The van der Waals surface area contributed by atoms with Crippen LogP contribution in [0.2, 0.25) is 5.02 Å². The molecule has 0 radical (unpaired) electrons. The number of rotatable bonds is 5. The van der Waals surface area contributed by atoms with Crippen molar-refractivity contribution in [3.05, 3.63) is 65.7 Å². The van der Waals surface area contributed by atoms with E-state index in [0.717, 1.165) is 11.8 Å². The molecule has 0 aliphatic rings. The zero-order valence-corrected chi connectivity index (χ0v) is 13.9. The number of amides is 1. The lowest BCUT2D eigenvalue weighted by atomic mass is 10.3. The van der Waals surface area contributed by atoms with Crippen LogP contribution in [0.1, 0.15) is 0 Å². The van der Waals surface area contributed by atoms with E-state index in [1.807, 2.05) is 30.3 Å². The molecule has 0 saturated heterocycles. The number of anilines is 1. The molecule has 0 saturated carbocycles. The number of hydrogen-bond acceptors (Lipinski definition) is 4. The van der Waals surface area contributed by atoms with Crippen LogP contribution < -0.4 is 5.32 Å². The third-order valence-electron chi connectivity index (χ3n) is 3.09. The number of carbonyl (C=O) groups excluding carboxylic acids is 1. The van der Waals surface area contributed by atoms with Crippen LogP contribution in [0.25, 0.3) is 5.69 Å². The van der Waals surface area contributed by atoms with Crippen molar-refractivity contribution >= 4 is 35.0 Å². The number of thioether (sulfide) groups is 1. The number of halogens is 2. The highest BCUT2D eigenvalue weighted by Gasteiger charge is 2.11. The fourth-order valence-corrected chi connectivity index (χ4v) is 2.94. The van der Waals surface area contributed by atoms with Crippen LogP contribution >= 0.6 is 23.4 Å². The topological polar surface area (TPSA) is 59.8 Å². The number of benzene rings is 2. The Kier molecular flexibility index (Phi) is 5.12. The second kappa shape index (κ2) is 7.46. The van der Waals surface area contributed by atoms with Gasteiger partial charge in [0.05, 0.1) is 16.5 Å². The summed E-state index contributed by atoms with van der Waals surface area (Å²) in [6, 6.07) is 13.4. The van der Waals surface area contributed by atoms with Gasteiger partial charge in [0.25, 0.3) is 0 Å². The average Bonchev–Trinajstić information content (AvgIpc) is 3.05. The Morgan fingerprint density at radius 3 is 2.79 bits per heavy atom. The van der Waals surface area contributed by atoms with E-state index in [1.54, 1.807) is 10.9 Å². The maximum Gasteiger partial charge on any atom is 0.234 e. The number of nitrogens with zero attached hydrogens (tertiary/aromatic N) is 3. The molecular weight excluding hydrogens is 351 g/mol. The molecule has 1 amide bonds. The van der Waals surface area contributed by atoms with Crippen LogP contribution in [-0.2, 0) is 4.79 Å². The SMILES string of the molecule is O=C(CSc1nncn1-c1ccccc1)Nc1ccc(F)cc1Cl. The van der Waals surface area contributed by atoms with Crippen molar-refractivity contribution in [3.8, 4) is 5.69 Å². The molecule has 1 aromatic heterocycles. The Labute approximate surface area is 146 Å². The summed E-state index contributed by atoms with van der Waals surface area (Å²) in [5, 5.41) is 11.3. The van der Waals surface area contributed by atoms with Crippen LogP contribution in [0.3, 0.4) is 0 Å². The van der Waals surface area contributed by atoms with Crippen molar-refractivity contribution in [2.45, 2.75) is 5.16 Å². The van der Waals surface area contributed by atoms with Gasteiger partial charge in [0.15, 0.2) is 5.16 Å². The Morgan fingerprint density at radius 2 is 2.04 bits per heavy atom. The molecule has 8 heteroatoms. The molecule has 1 heterocycles. The predicted octanol–water partition coefficient (Wildman–Crippen LogP) is 3.79. The smallest absolute Gasteiger partial charge is 0.234 e. The fourth-order valence-electron chi connectivity index (χ4n) is 2.00. The number of nitrogens with one attached hydrogen (secondary N) is 1. The van der Waals surface area contributed by atoms with Crippen LogP contribution in [0.4, 0.5) is 10.1 Å². The highest BCUT2D eigenvalue weighted by molar-refractivity contribution is 7.99. The molecule has 3 aromatic rings. The Hall–Kier alpha value is -2.38. The number of aromatic nitrogens is 3. The summed E-state index contributed by atoms with van der Waals surface area (Å²) in [6.07, 6.45) is 1.59. The lowest BCUT2D eigenvalue weighted by molar-refractivity contribution is -0.113. The second-order valence-electron chi connectivity index (χ2n) is 4.78. The highest BCUT2D eigenvalue weighted by atomic mass is 35.5. The van der Waals surface area contributed by atoms with E-state index in [0.29, 0.717) is 10.8 Å². The third-order valence-corrected chi connectivity index (χ3v) is 4.34. The zero-order chi connectivity index (χ0) is 16.9. The van der Waals surface area contributed by atoms with Gasteiger partial charge in [-0.3, -0.25) is 9.36 Å². The number of carbonyl (C=O) groups is 1. The van der Waals surface area contributed by atoms with E-state index in [1.165, 1.54) is 23.9 Å². The van der Waals surface area contributed by atoms with Gasteiger partial charge in [-0.2, -0.15) is 0 Å². The van der Waals surface area contributed by atoms with Crippen LogP contribution in [-0.4, -0.2) is 26.4 Å². The Morgan fingerprint density at radius 1 is 1.25 bits per heavy atom. The molecule has 0 spiro atoms. The highest BCUT2D eigenvalue weighted by Crippen LogP contribution is 2.24.